The van der Waals surface area contributed by atoms with Crippen LogP contribution in [0.2, 0.25) is 0 Å². The molecule has 0 bridgehead atoms. The van der Waals surface area contributed by atoms with Gasteiger partial charge >= 0.3 is 0 Å². The Balaban J connectivity index is 4.70. The van der Waals surface area contributed by atoms with Crippen molar-refractivity contribution >= 4 is 25.3 Å². The molecule has 0 unspecified atom stereocenters. The summed E-state index contributed by atoms with van der Waals surface area (Å²) in [7, 11) is -0.956. The van der Waals surface area contributed by atoms with Crippen molar-refractivity contribution in [2.75, 3.05) is 19.5 Å². The molecule has 0 aliphatic heterocycles. The van der Waals surface area contributed by atoms with Crippen LogP contribution in [0.5, 0.6) is 0 Å². The Kier molecular flexibility index (Phi) is 14.4. The first kappa shape index (κ1) is 26.2. The lowest BCUT2D eigenvalue weighted by Crippen LogP contribution is -2.43. The van der Waals surface area contributed by atoms with E-state index in [1.54, 1.807) is 0 Å². The third-order valence-corrected chi connectivity index (χ3v) is 7.39. The van der Waals surface area contributed by atoms with Crippen LogP contribution in [0, 0.1) is 0 Å². The van der Waals surface area contributed by atoms with Gasteiger partial charge in [-0.25, -0.2) is 9.34 Å². The highest BCUT2D eigenvalue weighted by molar-refractivity contribution is 8.13. The molecule has 0 aliphatic carbocycles. The summed E-state index contributed by atoms with van der Waals surface area (Å²) in [5.74, 6) is 0.315. The molecule has 0 rings (SSSR count). The van der Waals surface area contributed by atoms with Crippen LogP contribution in [0.4, 0.5) is 0 Å². The molecule has 0 aromatic rings. The summed E-state index contributed by atoms with van der Waals surface area (Å²) < 4.78 is 21.8. The molecule has 0 aromatic carbocycles. The number of carbonyl (C=O) groups excluding carboxylic acids is 1. The molecule has 26 heavy (non-hydrogen) atoms. The third kappa shape index (κ3) is 9.98. The number of thioether (sulfide) groups is 1. The molecule has 0 saturated heterocycles. The molecule has 0 radical (unpaired) electrons. The zero-order chi connectivity index (χ0) is 20.3. The molecular formula is C18H39N2O4PS. The average Bonchev–Trinajstić information content (AvgIpc) is 2.51. The van der Waals surface area contributed by atoms with Crippen molar-refractivity contribution in [1.29, 1.82) is 0 Å². The van der Waals surface area contributed by atoms with Gasteiger partial charge in [-0.1, -0.05) is 18.7 Å². The van der Waals surface area contributed by atoms with Gasteiger partial charge in [-0.3, -0.25) is 4.79 Å². The van der Waals surface area contributed by atoms with Gasteiger partial charge in [0, 0.05) is 30.6 Å². The quantitative estimate of drug-likeness (QED) is 0.226. The van der Waals surface area contributed by atoms with E-state index in [2.05, 4.69) is 64.7 Å². The number of hydrogen-bond acceptors (Lipinski definition) is 7. The summed E-state index contributed by atoms with van der Waals surface area (Å²) in [6, 6.07) is 1.48. The number of rotatable bonds is 14. The number of ether oxygens (including phenoxy) is 2. The lowest BCUT2D eigenvalue weighted by Gasteiger charge is -2.45. The summed E-state index contributed by atoms with van der Waals surface area (Å²) in [6.07, 6.45) is 0.517. The van der Waals surface area contributed by atoms with Gasteiger partial charge in [0.05, 0.1) is 0 Å². The molecule has 0 saturated carbocycles. The predicted octanol–water partition coefficient (Wildman–Crippen LogP) is 5.04. The van der Waals surface area contributed by atoms with Crippen molar-refractivity contribution in [3.05, 3.63) is 0 Å². The van der Waals surface area contributed by atoms with Crippen molar-refractivity contribution in [3.63, 3.8) is 0 Å². The average molecular weight is 411 g/mol. The maximum absolute atomic E-state index is 11.2. The Bertz CT molecular complexity index is 348. The molecule has 0 amide bonds. The van der Waals surface area contributed by atoms with E-state index in [0.717, 1.165) is 0 Å². The summed E-state index contributed by atoms with van der Waals surface area (Å²) in [5.41, 5.74) is 0. The zero-order valence-electron chi connectivity index (χ0n) is 18.0. The van der Waals surface area contributed by atoms with Crippen LogP contribution in [0.25, 0.3) is 0 Å². The summed E-state index contributed by atoms with van der Waals surface area (Å²) in [4.78, 5) is 11.2. The van der Waals surface area contributed by atoms with Crippen molar-refractivity contribution in [2.24, 2.45) is 0 Å². The molecule has 156 valence electrons. The summed E-state index contributed by atoms with van der Waals surface area (Å²) >= 11 is 1.17. The normalized spacial score (nSPS) is 12.8. The van der Waals surface area contributed by atoms with Crippen LogP contribution in [-0.2, 0) is 18.8 Å². The summed E-state index contributed by atoms with van der Waals surface area (Å²) in [5, 5.41) is 0.124. The summed E-state index contributed by atoms with van der Waals surface area (Å²) in [6.45, 7) is 19.7. The Hall–Kier alpha value is 0.250. The van der Waals surface area contributed by atoms with E-state index >= 15 is 0 Å². The molecule has 0 heterocycles. The lowest BCUT2D eigenvalue weighted by molar-refractivity contribution is -0.111. The Morgan fingerprint density at radius 1 is 0.846 bits per heavy atom. The first-order valence-corrected chi connectivity index (χ1v) is 11.6. The van der Waals surface area contributed by atoms with Gasteiger partial charge in [0.25, 0.3) is 0 Å². The largest absolute Gasteiger partial charge is 0.344 e. The highest BCUT2D eigenvalue weighted by Crippen LogP contribution is 2.50. The Morgan fingerprint density at radius 2 is 1.31 bits per heavy atom. The molecule has 6 nitrogen and oxygen atoms in total. The van der Waals surface area contributed by atoms with Gasteiger partial charge in [-0.2, -0.15) is 0 Å². The SMILES string of the molecule is CCC(=O)SCOCOCOP(N(C(C)C)C(C)C)N(C(C)C)C(C)C. The molecular weight excluding hydrogens is 371 g/mol. The minimum Gasteiger partial charge on any atom is -0.344 e. The first-order valence-electron chi connectivity index (χ1n) is 9.44. The fourth-order valence-corrected chi connectivity index (χ4v) is 5.40. The minimum absolute atomic E-state index is 0.124. The molecule has 0 aliphatic rings. The van der Waals surface area contributed by atoms with Gasteiger partial charge in [0.1, 0.15) is 5.94 Å². The molecule has 0 N–H and O–H groups in total. The first-order chi connectivity index (χ1) is 12.1. The number of hydrogen-bond donors (Lipinski definition) is 0. The van der Waals surface area contributed by atoms with Crippen LogP contribution in [-0.4, -0.2) is 58.1 Å². The van der Waals surface area contributed by atoms with Crippen LogP contribution < -0.4 is 0 Å². The van der Waals surface area contributed by atoms with Crippen molar-refractivity contribution in [1.82, 2.24) is 9.34 Å². The van der Waals surface area contributed by atoms with E-state index in [4.69, 9.17) is 14.0 Å². The Labute approximate surface area is 166 Å². The van der Waals surface area contributed by atoms with E-state index in [0.29, 0.717) is 36.5 Å². The minimum atomic E-state index is -0.956. The zero-order valence-corrected chi connectivity index (χ0v) is 19.7. The van der Waals surface area contributed by atoms with Crippen molar-refractivity contribution in [3.8, 4) is 0 Å². The van der Waals surface area contributed by atoms with Gasteiger partial charge in [-0.15, -0.1) is 0 Å². The molecule has 0 spiro atoms. The maximum atomic E-state index is 11.2. The van der Waals surface area contributed by atoms with Crippen molar-refractivity contribution < 1.29 is 18.8 Å². The highest BCUT2D eigenvalue weighted by Gasteiger charge is 2.34. The second-order valence-corrected chi connectivity index (χ2v) is 9.82. The molecule has 0 aromatic heterocycles. The smallest absolute Gasteiger partial charge is 0.191 e. The fourth-order valence-electron chi connectivity index (χ4n) is 2.66. The van der Waals surface area contributed by atoms with Crippen LogP contribution >= 0.6 is 20.2 Å². The fraction of sp³-hybridized carbons (Fsp3) is 0.944. The standard InChI is InChI=1S/C18H39N2O4PS/c1-10-18(21)26-13-23-11-22-12-24-25(19(14(2)3)15(4)5)20(16(6)7)17(8)9/h14-17H,10-13H2,1-9H3. The van der Waals surface area contributed by atoms with E-state index < -0.39 is 8.45 Å². The van der Waals surface area contributed by atoms with Gasteiger partial charge in [0.15, 0.2) is 27.2 Å². The van der Waals surface area contributed by atoms with Gasteiger partial charge < -0.3 is 14.0 Å². The number of nitrogens with zero attached hydrogens (tertiary/aromatic N) is 2. The number of carbonyl (C=O) groups is 1. The van der Waals surface area contributed by atoms with E-state index in [9.17, 15) is 4.79 Å². The topological polar surface area (TPSA) is 51.2 Å². The van der Waals surface area contributed by atoms with Crippen LogP contribution in [0.15, 0.2) is 0 Å². The highest BCUT2D eigenvalue weighted by atomic mass is 32.2. The molecule has 8 heteroatoms. The predicted molar refractivity (Wildman–Crippen MR) is 112 cm³/mol. The lowest BCUT2D eigenvalue weighted by atomic mass is 10.3. The maximum Gasteiger partial charge on any atom is 0.191 e. The van der Waals surface area contributed by atoms with Gasteiger partial charge in [0.2, 0.25) is 0 Å². The second-order valence-electron chi connectivity index (χ2n) is 7.15. The van der Waals surface area contributed by atoms with Crippen molar-refractivity contribution in [2.45, 2.75) is 92.9 Å². The third-order valence-electron chi connectivity index (χ3n) is 3.52. The monoisotopic (exact) mass is 410 g/mol. The van der Waals surface area contributed by atoms with Gasteiger partial charge in [-0.05, 0) is 55.4 Å². The molecule has 0 fully saturated rings. The van der Waals surface area contributed by atoms with E-state index in [1.807, 2.05) is 6.92 Å². The second kappa shape index (κ2) is 14.3. The van der Waals surface area contributed by atoms with Crippen LogP contribution in [0.1, 0.15) is 68.7 Å². The van der Waals surface area contributed by atoms with E-state index in [-0.39, 0.29) is 18.7 Å². The molecule has 0 atom stereocenters. The van der Waals surface area contributed by atoms with E-state index in [1.165, 1.54) is 11.8 Å². The van der Waals surface area contributed by atoms with Crippen LogP contribution in [0.3, 0.4) is 0 Å². The Morgan fingerprint density at radius 3 is 1.69 bits per heavy atom.